The number of hydrogen-bond donors (Lipinski definition) is 2. The molecule has 4 heterocycles. The van der Waals surface area contributed by atoms with Crippen LogP contribution in [-0.2, 0) is 17.5 Å². The number of nitrogens with zero attached hydrogens (tertiary/aromatic N) is 4. The molecule has 6 rings (SSSR count). The Labute approximate surface area is 227 Å². The Morgan fingerprint density at radius 1 is 1.13 bits per heavy atom. The van der Waals surface area contributed by atoms with Crippen molar-refractivity contribution in [1.82, 2.24) is 29.6 Å². The number of alkyl halides is 3. The quantitative estimate of drug-likeness (QED) is 0.571. The fraction of sp³-hybridized carbons (Fsp3) is 0.750. The second kappa shape index (κ2) is 10.8. The number of rotatable bonds is 6. The number of hydrazine groups is 1. The zero-order valence-corrected chi connectivity index (χ0v) is 22.9. The molecule has 0 radical (unpaired) electrons. The van der Waals surface area contributed by atoms with Gasteiger partial charge in [-0.3, -0.25) is 18.8 Å². The molecule has 2 aliphatic carbocycles. The minimum atomic E-state index is -4.55. The number of halogens is 3. The van der Waals surface area contributed by atoms with Gasteiger partial charge in [-0.15, -0.1) is 0 Å². The number of hydrogen-bond acceptors (Lipinski definition) is 6. The van der Waals surface area contributed by atoms with E-state index in [1.165, 1.54) is 35.9 Å². The second-order valence-electron chi connectivity index (χ2n) is 12.3. The lowest BCUT2D eigenvalue weighted by Gasteiger charge is -2.46. The van der Waals surface area contributed by atoms with E-state index in [0.29, 0.717) is 49.6 Å². The molecule has 4 aliphatic rings. The third-order valence-electron chi connectivity index (χ3n) is 9.62. The monoisotopic (exact) mass is 550 g/mol. The normalized spacial score (nSPS) is 30.6. The van der Waals surface area contributed by atoms with Crippen LogP contribution in [0, 0.1) is 17.8 Å². The lowest BCUT2D eigenvalue weighted by atomic mass is 9.65. The van der Waals surface area contributed by atoms with Crippen molar-refractivity contribution < 1.29 is 17.9 Å². The van der Waals surface area contributed by atoms with E-state index in [1.54, 1.807) is 10.8 Å². The minimum Gasteiger partial charge on any atom is -0.376 e. The third-order valence-corrected chi connectivity index (χ3v) is 9.62. The number of imidazole rings is 1. The van der Waals surface area contributed by atoms with Crippen LogP contribution in [0.5, 0.6) is 0 Å². The van der Waals surface area contributed by atoms with Gasteiger partial charge in [0, 0.05) is 38.1 Å². The predicted octanol–water partition coefficient (Wildman–Crippen LogP) is 3.81. The highest BCUT2D eigenvalue weighted by atomic mass is 19.4. The van der Waals surface area contributed by atoms with Crippen molar-refractivity contribution in [2.24, 2.45) is 17.8 Å². The summed E-state index contributed by atoms with van der Waals surface area (Å²) in [4.78, 5) is 18.1. The van der Waals surface area contributed by atoms with Gasteiger partial charge < -0.3 is 4.74 Å². The summed E-state index contributed by atoms with van der Waals surface area (Å²) in [6.07, 6.45) is 6.25. The van der Waals surface area contributed by atoms with Crippen LogP contribution in [0.15, 0.2) is 23.3 Å². The first-order chi connectivity index (χ1) is 18.7. The largest absolute Gasteiger partial charge is 0.418 e. The molecule has 2 saturated heterocycles. The minimum absolute atomic E-state index is 0.0337. The van der Waals surface area contributed by atoms with Crippen molar-refractivity contribution in [1.29, 1.82) is 0 Å². The van der Waals surface area contributed by atoms with Crippen LogP contribution in [-0.4, -0.2) is 64.5 Å². The van der Waals surface area contributed by atoms with Gasteiger partial charge in [0.15, 0.2) is 0 Å². The van der Waals surface area contributed by atoms with E-state index in [0.717, 1.165) is 32.4 Å². The molecule has 2 aromatic rings. The lowest BCUT2D eigenvalue weighted by Crippen LogP contribution is -2.50. The van der Waals surface area contributed by atoms with Gasteiger partial charge in [0.05, 0.1) is 36.6 Å². The average molecular weight is 551 g/mol. The molecular formula is C28H41F3N6O2. The van der Waals surface area contributed by atoms with Crippen LogP contribution in [0.1, 0.15) is 69.0 Å². The number of pyridine rings is 1. The van der Waals surface area contributed by atoms with E-state index in [2.05, 4.69) is 27.7 Å². The van der Waals surface area contributed by atoms with Gasteiger partial charge in [-0.2, -0.15) is 13.2 Å². The topological polar surface area (TPSA) is 66.2 Å². The molecule has 39 heavy (non-hydrogen) atoms. The van der Waals surface area contributed by atoms with Crippen LogP contribution in [0.4, 0.5) is 13.2 Å². The molecule has 4 fully saturated rings. The molecular weight excluding hydrogens is 509 g/mol. The fourth-order valence-electron chi connectivity index (χ4n) is 7.53. The molecule has 0 spiro atoms. The molecule has 5 atom stereocenters. The Morgan fingerprint density at radius 3 is 2.56 bits per heavy atom. The van der Waals surface area contributed by atoms with Gasteiger partial charge in [-0.1, -0.05) is 25.7 Å². The molecule has 2 aromatic heterocycles. The number of morpholine rings is 1. The van der Waals surface area contributed by atoms with Crippen molar-refractivity contribution in [2.75, 3.05) is 33.4 Å². The van der Waals surface area contributed by atoms with Crippen molar-refractivity contribution >= 4 is 5.52 Å². The molecule has 8 nitrogen and oxygen atoms in total. The standard InChI is InChI=1S/C28H41F3N6O2/c1-18-13-35(9-10-39-18)14-19-11-23(28(29,30)31)24-16-36(27(38)37(24)15-19)22-8-4-7-21(12-22)25(20-5-3-6-20)26-33-32-17-34(26)2/h11,15-16,18,20-22,25-26,32-33H,3-10,12-14,17H2,1-2H3/t18-,21?,22?,25-,26?/m1/s1. The Bertz CT molecular complexity index is 1220. The first-order valence-corrected chi connectivity index (χ1v) is 14.5. The molecule has 2 aliphatic heterocycles. The highest BCUT2D eigenvalue weighted by Gasteiger charge is 2.44. The van der Waals surface area contributed by atoms with Crippen molar-refractivity contribution in [3.05, 3.63) is 40.1 Å². The zero-order chi connectivity index (χ0) is 27.3. The first kappa shape index (κ1) is 27.3. The van der Waals surface area contributed by atoms with E-state index >= 15 is 0 Å². The summed E-state index contributed by atoms with van der Waals surface area (Å²) >= 11 is 0. The van der Waals surface area contributed by atoms with E-state index in [1.807, 2.05) is 6.92 Å². The summed E-state index contributed by atoms with van der Waals surface area (Å²) in [6, 6.07) is 1.13. The van der Waals surface area contributed by atoms with Crippen LogP contribution in [0.2, 0.25) is 0 Å². The van der Waals surface area contributed by atoms with Gasteiger partial charge in [0.2, 0.25) is 0 Å². The van der Waals surface area contributed by atoms with Crippen LogP contribution < -0.4 is 16.5 Å². The summed E-state index contributed by atoms with van der Waals surface area (Å²) in [5, 5.41) is 0. The lowest BCUT2D eigenvalue weighted by molar-refractivity contribution is -0.136. The van der Waals surface area contributed by atoms with Crippen LogP contribution in [0.25, 0.3) is 5.52 Å². The van der Waals surface area contributed by atoms with Crippen LogP contribution >= 0.6 is 0 Å². The van der Waals surface area contributed by atoms with E-state index in [-0.39, 0.29) is 29.5 Å². The first-order valence-electron chi connectivity index (χ1n) is 14.5. The predicted molar refractivity (Wildman–Crippen MR) is 142 cm³/mol. The van der Waals surface area contributed by atoms with Gasteiger partial charge >= 0.3 is 11.9 Å². The van der Waals surface area contributed by atoms with Crippen molar-refractivity contribution in [3.63, 3.8) is 0 Å². The molecule has 0 bridgehead atoms. The van der Waals surface area contributed by atoms with E-state index in [9.17, 15) is 18.0 Å². The van der Waals surface area contributed by atoms with Crippen molar-refractivity contribution in [3.8, 4) is 0 Å². The van der Waals surface area contributed by atoms with Crippen LogP contribution in [0.3, 0.4) is 0 Å². The smallest absolute Gasteiger partial charge is 0.376 e. The summed E-state index contributed by atoms with van der Waals surface area (Å²) in [6.45, 7) is 4.98. The second-order valence-corrected chi connectivity index (χ2v) is 12.3. The number of nitrogens with one attached hydrogen (secondary N) is 2. The summed E-state index contributed by atoms with van der Waals surface area (Å²) in [5.41, 5.74) is 6.09. The number of fused-ring (bicyclic) bond motifs is 1. The summed E-state index contributed by atoms with van der Waals surface area (Å²) in [7, 11) is 2.13. The molecule has 2 N–H and O–H groups in total. The summed E-state index contributed by atoms with van der Waals surface area (Å²) < 4.78 is 51.2. The maximum atomic E-state index is 14.3. The highest BCUT2D eigenvalue weighted by molar-refractivity contribution is 5.56. The zero-order valence-electron chi connectivity index (χ0n) is 22.9. The molecule has 0 aromatic carbocycles. The Hall–Kier alpha value is -1.92. The van der Waals surface area contributed by atoms with Gasteiger partial charge in [-0.05, 0) is 62.6 Å². The Balaban J connectivity index is 1.31. The number of aromatic nitrogens is 2. The maximum absolute atomic E-state index is 14.3. The van der Waals surface area contributed by atoms with E-state index < -0.39 is 11.7 Å². The molecule has 3 unspecified atom stereocenters. The van der Waals surface area contributed by atoms with E-state index in [4.69, 9.17) is 4.74 Å². The Morgan fingerprint density at radius 2 is 1.90 bits per heavy atom. The fourth-order valence-corrected chi connectivity index (χ4v) is 7.53. The summed E-state index contributed by atoms with van der Waals surface area (Å²) in [5.74, 6) is 1.54. The number of ether oxygens (including phenoxy) is 1. The third kappa shape index (κ3) is 5.40. The average Bonchev–Trinajstić information content (AvgIpc) is 3.43. The SMILES string of the molecule is C[C@@H]1CN(Cc2cc(C(F)(F)F)c3cn(C4CCCC([C@@H](C5CCC5)C5NNCN5C)C4)c(=O)n3c2)CCO1. The van der Waals surface area contributed by atoms with Gasteiger partial charge in [0.1, 0.15) is 0 Å². The Kier molecular flexibility index (Phi) is 7.56. The highest BCUT2D eigenvalue weighted by Crippen LogP contribution is 2.47. The molecule has 0 amide bonds. The maximum Gasteiger partial charge on any atom is 0.418 e. The molecule has 2 saturated carbocycles. The van der Waals surface area contributed by atoms with Gasteiger partial charge in [0.25, 0.3) is 0 Å². The molecule has 11 heteroatoms. The molecule has 216 valence electrons. The van der Waals surface area contributed by atoms with Crippen molar-refractivity contribution in [2.45, 2.75) is 82.9 Å². The van der Waals surface area contributed by atoms with Gasteiger partial charge in [-0.25, -0.2) is 15.6 Å².